The number of rotatable bonds is 0. The van der Waals surface area contributed by atoms with Crippen molar-refractivity contribution in [2.45, 2.75) is 4.90 Å². The fourth-order valence-electron chi connectivity index (χ4n) is 1.17. The summed E-state index contributed by atoms with van der Waals surface area (Å²) in [4.78, 5) is 0.887. The van der Waals surface area contributed by atoms with Crippen LogP contribution in [-0.4, -0.2) is 0 Å². The number of hydrogen-bond donors (Lipinski definition) is 3. The lowest BCUT2D eigenvalue weighted by atomic mass is 10.2. The Bertz CT molecular complexity index is 434. The van der Waals surface area contributed by atoms with Crippen LogP contribution in [0.15, 0.2) is 23.1 Å². The van der Waals surface area contributed by atoms with Crippen molar-refractivity contribution in [3.8, 4) is 0 Å². The maximum Gasteiger partial charge on any atom is 0.110 e. The number of nitrogens with two attached hydrogens (primary N) is 2. The van der Waals surface area contributed by atoms with Crippen LogP contribution in [0.4, 0.5) is 10.7 Å². The molecule has 1 aromatic heterocycles. The summed E-state index contributed by atoms with van der Waals surface area (Å²) in [5.74, 6) is 0. The van der Waals surface area contributed by atoms with E-state index in [9.17, 15) is 0 Å². The number of thiol groups is 1. The largest absolute Gasteiger partial charge is 0.396 e. The van der Waals surface area contributed by atoms with Crippen LogP contribution < -0.4 is 11.5 Å². The molecule has 2 rings (SSSR count). The Kier molecular flexibility index (Phi) is 1.66. The second-order valence-corrected chi connectivity index (χ2v) is 4.10. The average Bonchev–Trinajstić information content (AvgIpc) is 2.29. The summed E-state index contributed by atoms with van der Waals surface area (Å²) in [5, 5.41) is 1.65. The molecule has 1 heterocycles. The number of nitrogen functional groups attached to an aromatic ring is 2. The van der Waals surface area contributed by atoms with Crippen LogP contribution in [0.3, 0.4) is 0 Å². The average molecular weight is 196 g/mol. The van der Waals surface area contributed by atoms with Gasteiger partial charge in [0.2, 0.25) is 0 Å². The maximum absolute atomic E-state index is 5.78. The van der Waals surface area contributed by atoms with Gasteiger partial charge in [-0.25, -0.2) is 0 Å². The van der Waals surface area contributed by atoms with E-state index < -0.39 is 0 Å². The zero-order chi connectivity index (χ0) is 8.72. The van der Waals surface area contributed by atoms with Crippen molar-refractivity contribution in [3.63, 3.8) is 0 Å². The second-order valence-electron chi connectivity index (χ2n) is 2.53. The van der Waals surface area contributed by atoms with Gasteiger partial charge in [0.05, 0.1) is 5.69 Å². The molecule has 0 radical (unpaired) electrons. The topological polar surface area (TPSA) is 52.0 Å². The normalized spacial score (nSPS) is 10.8. The number of benzene rings is 1. The third-order valence-corrected chi connectivity index (χ3v) is 3.13. The molecule has 0 amide bonds. The van der Waals surface area contributed by atoms with Gasteiger partial charge in [-0.2, -0.15) is 0 Å². The quantitative estimate of drug-likeness (QED) is 0.566. The van der Waals surface area contributed by atoms with Crippen molar-refractivity contribution in [1.82, 2.24) is 0 Å². The lowest BCUT2D eigenvalue weighted by molar-refractivity contribution is 1.59. The molecule has 4 N–H and O–H groups in total. The molecule has 0 fully saturated rings. The molecule has 2 aromatic rings. The van der Waals surface area contributed by atoms with Gasteiger partial charge in [-0.3, -0.25) is 0 Å². The van der Waals surface area contributed by atoms with E-state index in [1.54, 1.807) is 0 Å². The Hall–Kier alpha value is -0.870. The summed E-state index contributed by atoms with van der Waals surface area (Å²) in [6.07, 6.45) is 0. The zero-order valence-electron chi connectivity index (χ0n) is 6.24. The predicted molar refractivity (Wildman–Crippen MR) is 57.9 cm³/mol. The van der Waals surface area contributed by atoms with Crippen LogP contribution in [0.5, 0.6) is 0 Å². The number of thiophene rings is 1. The molecular weight excluding hydrogens is 188 g/mol. The third-order valence-electron chi connectivity index (χ3n) is 1.76. The van der Waals surface area contributed by atoms with Gasteiger partial charge in [0, 0.05) is 15.0 Å². The number of fused-ring (bicyclic) bond motifs is 1. The molecule has 0 atom stereocenters. The Morgan fingerprint density at radius 3 is 2.67 bits per heavy atom. The van der Waals surface area contributed by atoms with Gasteiger partial charge < -0.3 is 11.5 Å². The van der Waals surface area contributed by atoms with E-state index in [-0.39, 0.29) is 0 Å². The lowest BCUT2D eigenvalue weighted by Crippen LogP contribution is -1.88. The predicted octanol–water partition coefficient (Wildman–Crippen LogP) is 2.35. The van der Waals surface area contributed by atoms with Gasteiger partial charge >= 0.3 is 0 Å². The van der Waals surface area contributed by atoms with Crippen LogP contribution in [-0.2, 0) is 0 Å². The lowest BCUT2D eigenvalue weighted by Gasteiger charge is -1.95. The Morgan fingerprint density at radius 1 is 1.25 bits per heavy atom. The molecule has 0 aliphatic rings. The monoisotopic (exact) mass is 196 g/mol. The van der Waals surface area contributed by atoms with Gasteiger partial charge in [-0.05, 0) is 12.1 Å². The summed E-state index contributed by atoms with van der Waals surface area (Å²) in [5.41, 5.74) is 12.1. The van der Waals surface area contributed by atoms with Crippen molar-refractivity contribution < 1.29 is 0 Å². The minimum Gasteiger partial charge on any atom is -0.396 e. The minimum absolute atomic E-state index is 0.653. The van der Waals surface area contributed by atoms with Gasteiger partial charge in [0.1, 0.15) is 5.00 Å². The first-order valence-corrected chi connectivity index (χ1v) is 4.72. The first kappa shape index (κ1) is 7.76. The van der Waals surface area contributed by atoms with Gasteiger partial charge in [0.25, 0.3) is 0 Å². The number of anilines is 2. The third kappa shape index (κ3) is 0.956. The minimum atomic E-state index is 0.653. The van der Waals surface area contributed by atoms with Crippen LogP contribution in [0.25, 0.3) is 10.1 Å². The van der Waals surface area contributed by atoms with Gasteiger partial charge in [-0.15, -0.1) is 24.0 Å². The van der Waals surface area contributed by atoms with Crippen molar-refractivity contribution >= 4 is 44.7 Å². The van der Waals surface area contributed by atoms with Crippen LogP contribution in [0, 0.1) is 0 Å². The van der Waals surface area contributed by atoms with Crippen LogP contribution >= 0.6 is 24.0 Å². The smallest absolute Gasteiger partial charge is 0.110 e. The van der Waals surface area contributed by atoms with E-state index in [1.165, 1.54) is 11.3 Å². The molecule has 0 unspecified atom stereocenters. The fraction of sp³-hybridized carbons (Fsp3) is 0. The zero-order valence-corrected chi connectivity index (χ0v) is 7.95. The number of hydrogen-bond acceptors (Lipinski definition) is 4. The van der Waals surface area contributed by atoms with E-state index in [0.29, 0.717) is 10.7 Å². The van der Waals surface area contributed by atoms with Crippen LogP contribution in [0.1, 0.15) is 0 Å². The molecule has 0 aliphatic carbocycles. The highest BCUT2D eigenvalue weighted by atomic mass is 32.1. The second kappa shape index (κ2) is 2.57. The summed E-state index contributed by atoms with van der Waals surface area (Å²) in [7, 11) is 0. The van der Waals surface area contributed by atoms with Crippen molar-refractivity contribution in [2.75, 3.05) is 11.5 Å². The summed E-state index contributed by atoms with van der Waals surface area (Å²) >= 11 is 5.80. The van der Waals surface area contributed by atoms with E-state index >= 15 is 0 Å². The fourth-order valence-corrected chi connectivity index (χ4v) is 2.49. The molecule has 2 nitrogen and oxygen atoms in total. The van der Waals surface area contributed by atoms with E-state index in [1.807, 2.05) is 18.2 Å². The van der Waals surface area contributed by atoms with E-state index in [0.717, 1.165) is 15.0 Å². The standard InChI is InChI=1S/C8H8N2S2/c9-7-6-4(11)2-1-3-5(6)12-8(7)10/h1-3,11H,9-10H2. The van der Waals surface area contributed by atoms with Gasteiger partial charge in [-0.1, -0.05) is 6.07 Å². The molecule has 0 saturated heterocycles. The van der Waals surface area contributed by atoms with Crippen molar-refractivity contribution in [3.05, 3.63) is 18.2 Å². The maximum atomic E-state index is 5.78. The molecule has 0 bridgehead atoms. The molecule has 4 heteroatoms. The Balaban J connectivity index is 2.97. The summed E-state index contributed by atoms with van der Waals surface area (Å²) < 4.78 is 1.09. The highest BCUT2D eigenvalue weighted by molar-refractivity contribution is 7.80. The summed E-state index contributed by atoms with van der Waals surface area (Å²) in [6, 6.07) is 5.85. The first-order valence-electron chi connectivity index (χ1n) is 3.45. The molecule has 0 saturated carbocycles. The van der Waals surface area contributed by atoms with Crippen molar-refractivity contribution in [2.24, 2.45) is 0 Å². The Labute approximate surface area is 79.6 Å². The van der Waals surface area contributed by atoms with Crippen LogP contribution in [0.2, 0.25) is 0 Å². The SMILES string of the molecule is Nc1sc2cccc(S)c2c1N. The highest BCUT2D eigenvalue weighted by Crippen LogP contribution is 2.38. The molecule has 62 valence electrons. The molecule has 0 spiro atoms. The molecule has 12 heavy (non-hydrogen) atoms. The first-order chi connectivity index (χ1) is 5.70. The van der Waals surface area contributed by atoms with E-state index in [2.05, 4.69) is 12.6 Å². The molecule has 0 aliphatic heterocycles. The molecule has 1 aromatic carbocycles. The van der Waals surface area contributed by atoms with E-state index in [4.69, 9.17) is 11.5 Å². The summed E-state index contributed by atoms with van der Waals surface area (Å²) in [6.45, 7) is 0. The van der Waals surface area contributed by atoms with Crippen molar-refractivity contribution in [1.29, 1.82) is 0 Å². The molecular formula is C8H8N2S2. The highest BCUT2D eigenvalue weighted by Gasteiger charge is 2.07. The van der Waals surface area contributed by atoms with Gasteiger partial charge in [0.15, 0.2) is 0 Å². The Morgan fingerprint density at radius 2 is 2.00 bits per heavy atom.